The van der Waals surface area contributed by atoms with Gasteiger partial charge in [-0.15, -0.1) is 0 Å². The Bertz CT molecular complexity index is 674. The van der Waals surface area contributed by atoms with E-state index >= 15 is 0 Å². The third kappa shape index (κ3) is 2.80. The molecule has 1 aliphatic rings. The zero-order valence-electron chi connectivity index (χ0n) is 11.8. The van der Waals surface area contributed by atoms with Crippen LogP contribution >= 0.6 is 0 Å². The van der Waals surface area contributed by atoms with Crippen LogP contribution in [-0.4, -0.2) is 46.8 Å². The molecule has 6 nitrogen and oxygen atoms in total. The van der Waals surface area contributed by atoms with Gasteiger partial charge in [-0.05, 0) is 31.5 Å². The van der Waals surface area contributed by atoms with Crippen LogP contribution in [0.15, 0.2) is 24.5 Å². The van der Waals surface area contributed by atoms with Gasteiger partial charge in [-0.3, -0.25) is 0 Å². The highest BCUT2D eigenvalue weighted by atomic mass is 16.5. The van der Waals surface area contributed by atoms with Crippen LogP contribution in [0.3, 0.4) is 0 Å². The first-order chi connectivity index (χ1) is 10.1. The van der Waals surface area contributed by atoms with E-state index in [0.29, 0.717) is 5.52 Å². The molecule has 2 aromatic rings. The number of nitrogens with zero attached hydrogens (tertiary/aromatic N) is 3. The van der Waals surface area contributed by atoms with Crippen LogP contribution in [0.1, 0.15) is 23.7 Å². The largest absolute Gasteiger partial charge is 0.478 e. The SMILES string of the molecule is CC1CN(c2ncnc3cc(C(=O)O)ccc23)CCCO1. The zero-order valence-corrected chi connectivity index (χ0v) is 11.8. The maximum Gasteiger partial charge on any atom is 0.335 e. The van der Waals surface area contributed by atoms with E-state index in [9.17, 15) is 4.79 Å². The number of rotatable bonds is 2. The van der Waals surface area contributed by atoms with Gasteiger partial charge in [-0.1, -0.05) is 0 Å². The molecular formula is C15H17N3O3. The number of hydrogen-bond acceptors (Lipinski definition) is 5. The summed E-state index contributed by atoms with van der Waals surface area (Å²) in [6.07, 6.45) is 2.58. The van der Waals surface area contributed by atoms with Crippen molar-refractivity contribution in [2.75, 3.05) is 24.6 Å². The normalized spacial score (nSPS) is 19.5. The second kappa shape index (κ2) is 5.65. The zero-order chi connectivity index (χ0) is 14.8. The smallest absolute Gasteiger partial charge is 0.335 e. The molecule has 21 heavy (non-hydrogen) atoms. The molecule has 110 valence electrons. The summed E-state index contributed by atoms with van der Waals surface area (Å²) < 4.78 is 5.65. The molecule has 0 saturated carbocycles. The number of carboxylic acids is 1. The van der Waals surface area contributed by atoms with Gasteiger partial charge in [0, 0.05) is 25.1 Å². The first-order valence-corrected chi connectivity index (χ1v) is 7.00. The molecule has 0 spiro atoms. The number of ether oxygens (including phenoxy) is 1. The van der Waals surface area contributed by atoms with Crippen LogP contribution in [0.25, 0.3) is 10.9 Å². The average Bonchev–Trinajstić information content (AvgIpc) is 2.70. The standard InChI is InChI=1S/C15H17N3O3/c1-10-8-18(5-2-6-21-10)14-12-4-3-11(15(19)20)7-13(12)16-9-17-14/h3-4,7,9-10H,2,5-6,8H2,1H3,(H,19,20). The van der Waals surface area contributed by atoms with Gasteiger partial charge in [0.25, 0.3) is 0 Å². The van der Waals surface area contributed by atoms with Crippen molar-refractivity contribution in [1.29, 1.82) is 0 Å². The minimum absolute atomic E-state index is 0.149. The lowest BCUT2D eigenvalue weighted by Crippen LogP contribution is -2.31. The second-order valence-corrected chi connectivity index (χ2v) is 5.22. The van der Waals surface area contributed by atoms with Gasteiger partial charge in [-0.25, -0.2) is 14.8 Å². The quantitative estimate of drug-likeness (QED) is 0.909. The molecule has 1 unspecified atom stereocenters. The second-order valence-electron chi connectivity index (χ2n) is 5.22. The van der Waals surface area contributed by atoms with Crippen LogP contribution in [0.4, 0.5) is 5.82 Å². The topological polar surface area (TPSA) is 75.6 Å². The van der Waals surface area contributed by atoms with Crippen molar-refractivity contribution in [2.45, 2.75) is 19.4 Å². The summed E-state index contributed by atoms with van der Waals surface area (Å²) in [5, 5.41) is 9.94. The van der Waals surface area contributed by atoms with E-state index < -0.39 is 5.97 Å². The summed E-state index contributed by atoms with van der Waals surface area (Å²) in [7, 11) is 0. The number of aromatic nitrogens is 2. The van der Waals surface area contributed by atoms with Crippen molar-refractivity contribution >= 4 is 22.7 Å². The van der Waals surface area contributed by atoms with E-state index in [1.54, 1.807) is 18.2 Å². The van der Waals surface area contributed by atoms with Crippen molar-refractivity contribution in [1.82, 2.24) is 9.97 Å². The maximum absolute atomic E-state index is 11.0. The predicted octanol–water partition coefficient (Wildman–Crippen LogP) is 1.94. The van der Waals surface area contributed by atoms with Gasteiger partial charge in [0.1, 0.15) is 12.1 Å². The molecule has 3 rings (SSSR count). The highest BCUT2D eigenvalue weighted by molar-refractivity contribution is 5.96. The van der Waals surface area contributed by atoms with Gasteiger partial charge < -0.3 is 14.7 Å². The van der Waals surface area contributed by atoms with E-state index in [0.717, 1.165) is 37.3 Å². The van der Waals surface area contributed by atoms with Crippen LogP contribution in [0.5, 0.6) is 0 Å². The Morgan fingerprint density at radius 1 is 1.43 bits per heavy atom. The summed E-state index contributed by atoms with van der Waals surface area (Å²) in [6.45, 7) is 4.44. The molecule has 1 aliphatic heterocycles. The fraction of sp³-hybridized carbons (Fsp3) is 0.400. The molecule has 1 fully saturated rings. The molecule has 1 atom stereocenters. The number of fused-ring (bicyclic) bond motifs is 1. The van der Waals surface area contributed by atoms with Crippen LogP contribution in [0, 0.1) is 0 Å². The molecule has 0 radical (unpaired) electrons. The van der Waals surface area contributed by atoms with Gasteiger partial charge in [0.05, 0.1) is 17.2 Å². The number of aromatic carboxylic acids is 1. The Labute approximate surface area is 122 Å². The Morgan fingerprint density at radius 2 is 2.29 bits per heavy atom. The van der Waals surface area contributed by atoms with E-state index in [1.165, 1.54) is 6.33 Å². The Balaban J connectivity index is 2.03. The molecular weight excluding hydrogens is 270 g/mol. The van der Waals surface area contributed by atoms with Gasteiger partial charge in [0.2, 0.25) is 0 Å². The molecule has 0 bridgehead atoms. The van der Waals surface area contributed by atoms with Crippen molar-refractivity contribution < 1.29 is 14.6 Å². The number of hydrogen-bond donors (Lipinski definition) is 1. The monoisotopic (exact) mass is 287 g/mol. The number of carboxylic acid groups (broad SMARTS) is 1. The summed E-state index contributed by atoms with van der Waals surface area (Å²) in [5.41, 5.74) is 0.887. The van der Waals surface area contributed by atoms with E-state index in [4.69, 9.17) is 9.84 Å². The average molecular weight is 287 g/mol. The molecule has 1 aromatic heterocycles. The van der Waals surface area contributed by atoms with E-state index in [-0.39, 0.29) is 11.7 Å². The molecule has 2 heterocycles. The van der Waals surface area contributed by atoms with Crippen LogP contribution in [-0.2, 0) is 4.74 Å². The number of anilines is 1. The van der Waals surface area contributed by atoms with E-state index in [2.05, 4.69) is 14.9 Å². The summed E-state index contributed by atoms with van der Waals surface area (Å²) >= 11 is 0. The fourth-order valence-corrected chi connectivity index (χ4v) is 2.61. The van der Waals surface area contributed by atoms with Crippen molar-refractivity contribution in [3.63, 3.8) is 0 Å². The van der Waals surface area contributed by atoms with Crippen molar-refractivity contribution in [3.8, 4) is 0 Å². The lowest BCUT2D eigenvalue weighted by atomic mass is 10.1. The maximum atomic E-state index is 11.0. The first-order valence-electron chi connectivity index (χ1n) is 7.00. The van der Waals surface area contributed by atoms with Gasteiger partial charge in [0.15, 0.2) is 0 Å². The first kappa shape index (κ1) is 13.8. The lowest BCUT2D eigenvalue weighted by Gasteiger charge is -2.24. The lowest BCUT2D eigenvalue weighted by molar-refractivity contribution is 0.0697. The van der Waals surface area contributed by atoms with Crippen LogP contribution < -0.4 is 4.90 Å². The summed E-state index contributed by atoms with van der Waals surface area (Å²) in [6, 6.07) is 4.96. The fourth-order valence-electron chi connectivity index (χ4n) is 2.61. The molecule has 6 heteroatoms. The molecule has 1 saturated heterocycles. The Kier molecular flexibility index (Phi) is 3.70. The Hall–Kier alpha value is -2.21. The number of benzene rings is 1. The highest BCUT2D eigenvalue weighted by Gasteiger charge is 2.19. The minimum Gasteiger partial charge on any atom is -0.478 e. The highest BCUT2D eigenvalue weighted by Crippen LogP contribution is 2.25. The summed E-state index contributed by atoms with van der Waals surface area (Å²) in [5.74, 6) is -0.108. The molecule has 1 aromatic carbocycles. The van der Waals surface area contributed by atoms with Gasteiger partial charge >= 0.3 is 5.97 Å². The summed E-state index contributed by atoms with van der Waals surface area (Å²) in [4.78, 5) is 21.8. The molecule has 0 amide bonds. The van der Waals surface area contributed by atoms with Crippen molar-refractivity contribution in [3.05, 3.63) is 30.1 Å². The predicted molar refractivity (Wildman–Crippen MR) is 78.7 cm³/mol. The minimum atomic E-state index is -0.950. The molecule has 0 aliphatic carbocycles. The van der Waals surface area contributed by atoms with E-state index in [1.807, 2.05) is 6.92 Å². The van der Waals surface area contributed by atoms with Crippen molar-refractivity contribution in [2.24, 2.45) is 0 Å². The molecule has 1 N–H and O–H groups in total. The Morgan fingerprint density at radius 3 is 3.10 bits per heavy atom. The third-order valence-corrected chi connectivity index (χ3v) is 3.61. The van der Waals surface area contributed by atoms with Crippen LogP contribution in [0.2, 0.25) is 0 Å². The van der Waals surface area contributed by atoms with Gasteiger partial charge in [-0.2, -0.15) is 0 Å². The third-order valence-electron chi connectivity index (χ3n) is 3.61. The number of carbonyl (C=O) groups is 1.